The molecule has 8 rings (SSSR count). The van der Waals surface area contributed by atoms with Crippen LogP contribution < -0.4 is 4.74 Å². The summed E-state index contributed by atoms with van der Waals surface area (Å²) < 4.78 is 89.5. The first-order chi connectivity index (χ1) is 26.7. The molecule has 0 amide bonds. The zero-order valence-electron chi connectivity index (χ0n) is 31.1. The van der Waals surface area contributed by atoms with Gasteiger partial charge < -0.3 is 18.7 Å². The molecular weight excluding hydrogens is 735 g/mol. The molecule has 3 aliphatic rings. The summed E-state index contributed by atoms with van der Waals surface area (Å²) in [6.07, 6.45) is 2.10. The minimum atomic E-state index is -4.74. The van der Waals surface area contributed by atoms with Gasteiger partial charge in [-0.25, -0.2) is 9.97 Å². The van der Waals surface area contributed by atoms with Crippen LogP contribution in [0.25, 0.3) is 27.8 Å². The van der Waals surface area contributed by atoms with Crippen molar-refractivity contribution in [3.05, 3.63) is 106 Å². The van der Waals surface area contributed by atoms with E-state index in [2.05, 4.69) is 11.8 Å². The zero-order chi connectivity index (χ0) is 39.5. The lowest BCUT2D eigenvalue weighted by atomic mass is 9.67. The molecule has 2 saturated heterocycles. The largest absolute Gasteiger partial charge is 0.481 e. The monoisotopic (exact) mass is 776 g/mol. The van der Waals surface area contributed by atoms with Gasteiger partial charge in [0, 0.05) is 43.7 Å². The first-order valence-corrected chi connectivity index (χ1v) is 18.7. The van der Waals surface area contributed by atoms with Crippen molar-refractivity contribution in [2.75, 3.05) is 26.2 Å². The maximum Gasteiger partial charge on any atom is 0.420 e. The second-order valence-corrected chi connectivity index (χ2v) is 15.4. The Hall–Kier alpha value is -5.08. The molecule has 2 aromatic heterocycles. The van der Waals surface area contributed by atoms with E-state index in [0.717, 1.165) is 42.3 Å². The molecule has 5 aromatic rings. The Bertz CT molecular complexity index is 2370. The lowest BCUT2D eigenvalue weighted by molar-refractivity contribution is -0.141. The van der Waals surface area contributed by atoms with Crippen LogP contribution >= 0.6 is 0 Å². The summed E-state index contributed by atoms with van der Waals surface area (Å²) in [6, 6.07) is 13.4. The number of nitrogens with zero attached hydrogens (tertiary/aromatic N) is 4. The SMILES string of the molecule is Cc1ccccc1C1=CC=CC(c2nc3cc(CN4CC[C@H](C(=O)O)C4)c(OC(F)F)cc3o2)(c2nc3cc(CN4CCC(C)C4)cc(C(F)(F)F)c3o2)C1C. The van der Waals surface area contributed by atoms with E-state index in [1.54, 1.807) is 24.3 Å². The Morgan fingerprint density at radius 1 is 0.982 bits per heavy atom. The average Bonchev–Trinajstić information content (AvgIpc) is 3.95. The fraction of sp³-hybridized carbons (Fsp3) is 0.405. The number of benzene rings is 3. The number of oxazole rings is 2. The Morgan fingerprint density at radius 3 is 2.41 bits per heavy atom. The molecular formula is C42H41F5N4O5. The number of aryl methyl sites for hydroxylation is 1. The summed E-state index contributed by atoms with van der Waals surface area (Å²) in [7, 11) is 0. The fourth-order valence-corrected chi connectivity index (χ4v) is 8.58. The number of rotatable bonds is 10. The number of aliphatic carboxylic acids is 1. The van der Waals surface area contributed by atoms with Gasteiger partial charge in [-0.1, -0.05) is 56.3 Å². The molecule has 294 valence electrons. The van der Waals surface area contributed by atoms with Gasteiger partial charge in [-0.3, -0.25) is 14.6 Å². The van der Waals surface area contributed by atoms with Crippen LogP contribution in [0.1, 0.15) is 66.3 Å². The average molecular weight is 777 g/mol. The summed E-state index contributed by atoms with van der Waals surface area (Å²) in [6.45, 7) is 5.54. The smallest absolute Gasteiger partial charge is 0.420 e. The summed E-state index contributed by atoms with van der Waals surface area (Å²) in [5, 5.41) is 9.51. The highest BCUT2D eigenvalue weighted by molar-refractivity contribution is 5.81. The maximum absolute atomic E-state index is 14.8. The third-order valence-corrected chi connectivity index (χ3v) is 11.5. The second kappa shape index (κ2) is 14.5. The number of fused-ring (bicyclic) bond motifs is 2. The van der Waals surface area contributed by atoms with E-state index in [1.807, 2.05) is 49.1 Å². The van der Waals surface area contributed by atoms with Gasteiger partial charge in [-0.05, 0) is 79.2 Å². The Kier molecular flexibility index (Phi) is 9.76. The molecule has 2 fully saturated rings. The molecule has 4 heterocycles. The Balaban J connectivity index is 1.28. The molecule has 56 heavy (non-hydrogen) atoms. The molecule has 9 nitrogen and oxygen atoms in total. The van der Waals surface area contributed by atoms with Gasteiger partial charge in [0.1, 0.15) is 27.8 Å². The molecule has 1 aliphatic carbocycles. The van der Waals surface area contributed by atoms with Gasteiger partial charge in [0.15, 0.2) is 11.2 Å². The van der Waals surface area contributed by atoms with E-state index in [4.69, 9.17) is 23.5 Å². The van der Waals surface area contributed by atoms with E-state index >= 15 is 0 Å². The number of allylic oxidation sites excluding steroid dienone is 4. The Labute approximate surface area is 319 Å². The van der Waals surface area contributed by atoms with Crippen LogP contribution in [0.5, 0.6) is 5.75 Å². The Morgan fingerprint density at radius 2 is 1.71 bits per heavy atom. The molecule has 1 N–H and O–H groups in total. The predicted molar refractivity (Wildman–Crippen MR) is 198 cm³/mol. The van der Waals surface area contributed by atoms with Gasteiger partial charge in [-0.15, -0.1) is 0 Å². The van der Waals surface area contributed by atoms with Crippen molar-refractivity contribution in [2.24, 2.45) is 17.8 Å². The van der Waals surface area contributed by atoms with E-state index < -0.39 is 47.2 Å². The molecule has 3 unspecified atom stereocenters. The first-order valence-electron chi connectivity index (χ1n) is 18.7. The number of hydrogen-bond acceptors (Lipinski definition) is 8. The van der Waals surface area contributed by atoms with Crippen molar-refractivity contribution in [1.82, 2.24) is 19.8 Å². The summed E-state index contributed by atoms with van der Waals surface area (Å²) >= 11 is 0. The van der Waals surface area contributed by atoms with Crippen LogP contribution in [0.4, 0.5) is 22.0 Å². The third kappa shape index (κ3) is 6.97. The van der Waals surface area contributed by atoms with Crippen molar-refractivity contribution in [1.29, 1.82) is 0 Å². The molecule has 0 radical (unpaired) electrons. The summed E-state index contributed by atoms with van der Waals surface area (Å²) in [4.78, 5) is 25.3. The van der Waals surface area contributed by atoms with Gasteiger partial charge >= 0.3 is 18.8 Å². The number of hydrogen-bond donors (Lipinski definition) is 1. The number of alkyl halides is 5. The van der Waals surface area contributed by atoms with Crippen LogP contribution in [0.15, 0.2) is 75.6 Å². The summed E-state index contributed by atoms with van der Waals surface area (Å²) in [5.74, 6) is -1.82. The molecule has 3 aromatic carbocycles. The van der Waals surface area contributed by atoms with E-state index in [-0.39, 0.29) is 47.2 Å². The number of likely N-dealkylation sites (tertiary alicyclic amines) is 2. The van der Waals surface area contributed by atoms with E-state index in [0.29, 0.717) is 36.6 Å². The predicted octanol–water partition coefficient (Wildman–Crippen LogP) is 9.22. The van der Waals surface area contributed by atoms with Gasteiger partial charge in [0.2, 0.25) is 11.8 Å². The van der Waals surface area contributed by atoms with Crippen LogP contribution in [0.3, 0.4) is 0 Å². The van der Waals surface area contributed by atoms with Crippen molar-refractivity contribution >= 4 is 33.7 Å². The summed E-state index contributed by atoms with van der Waals surface area (Å²) in [5.41, 5.74) is 1.11. The van der Waals surface area contributed by atoms with Gasteiger partial charge in [0.05, 0.1) is 5.92 Å². The molecule has 4 atom stereocenters. The number of carboxylic acid groups (broad SMARTS) is 1. The topological polar surface area (TPSA) is 105 Å². The van der Waals surface area contributed by atoms with Crippen LogP contribution in [0, 0.1) is 24.7 Å². The second-order valence-electron chi connectivity index (χ2n) is 15.4. The molecule has 0 spiro atoms. The van der Waals surface area contributed by atoms with Crippen molar-refractivity contribution in [3.8, 4) is 5.75 Å². The van der Waals surface area contributed by atoms with Gasteiger partial charge in [0.25, 0.3) is 0 Å². The number of carbonyl (C=O) groups is 1. The van der Waals surface area contributed by atoms with E-state index in [1.165, 1.54) is 6.07 Å². The van der Waals surface area contributed by atoms with Crippen LogP contribution in [-0.2, 0) is 29.5 Å². The highest BCUT2D eigenvalue weighted by Crippen LogP contribution is 2.51. The lowest BCUT2D eigenvalue weighted by Gasteiger charge is -2.35. The number of halogens is 5. The van der Waals surface area contributed by atoms with Crippen LogP contribution in [0.2, 0.25) is 0 Å². The number of carboxylic acids is 1. The molecule has 14 heteroatoms. The highest BCUT2D eigenvalue weighted by Gasteiger charge is 2.50. The zero-order valence-corrected chi connectivity index (χ0v) is 31.1. The molecule has 2 aliphatic heterocycles. The van der Waals surface area contributed by atoms with E-state index in [9.17, 15) is 31.9 Å². The van der Waals surface area contributed by atoms with Gasteiger partial charge in [-0.2, -0.15) is 22.0 Å². The van der Waals surface area contributed by atoms with Crippen molar-refractivity contribution < 1.29 is 45.4 Å². The first kappa shape index (κ1) is 37.8. The normalized spacial score (nSPS) is 23.5. The molecule has 0 saturated carbocycles. The third-order valence-electron chi connectivity index (χ3n) is 11.5. The standard InChI is InChI=1S/C42H41F5N4O5/c1-23-10-13-50(19-23)20-26-15-31(42(45,46)47)36-33(16-26)49-39(56-36)41(12-6-9-30(25(41)3)29-8-5-4-7-24(29)2)38-48-32-17-28(22-51-14-11-27(21-51)37(52)53)34(55-40(43)44)18-35(32)54-38/h4-9,12,15-18,23,25,27,40H,10-11,13-14,19-22H2,1-3H3,(H,52,53)/t23?,25?,27-,41?/m0/s1. The lowest BCUT2D eigenvalue weighted by Crippen LogP contribution is -2.36. The quantitative estimate of drug-likeness (QED) is 0.139. The fourth-order valence-electron chi connectivity index (χ4n) is 8.58. The van der Waals surface area contributed by atoms with Crippen molar-refractivity contribution in [3.63, 3.8) is 0 Å². The highest BCUT2D eigenvalue weighted by atomic mass is 19.4. The maximum atomic E-state index is 14.8. The number of aromatic nitrogens is 2. The van der Waals surface area contributed by atoms with Crippen LogP contribution in [-0.4, -0.2) is 63.6 Å². The molecule has 0 bridgehead atoms. The number of ether oxygens (including phenoxy) is 1. The minimum Gasteiger partial charge on any atom is -0.481 e. The minimum absolute atomic E-state index is 0.0362. The van der Waals surface area contributed by atoms with Crippen molar-refractivity contribution in [2.45, 2.75) is 64.9 Å².